The van der Waals surface area contributed by atoms with Crippen LogP contribution in [-0.2, 0) is 10.1 Å². The zero-order valence-electron chi connectivity index (χ0n) is 6.93. The first-order chi connectivity index (χ1) is 6.32. The van der Waals surface area contributed by atoms with Crippen LogP contribution in [0.5, 0.6) is 0 Å². The van der Waals surface area contributed by atoms with Gasteiger partial charge in [-0.2, -0.15) is 8.42 Å². The molecule has 0 saturated carbocycles. The predicted octanol–water partition coefficient (Wildman–Crippen LogP) is 0.448. The Balaban J connectivity index is 3.19. The van der Waals surface area contributed by atoms with Crippen LogP contribution in [0.1, 0.15) is 0 Å². The van der Waals surface area contributed by atoms with Gasteiger partial charge in [0.05, 0.1) is 15.6 Å². The molecular formula is C7H8N2O3S2. The van der Waals surface area contributed by atoms with E-state index < -0.39 is 10.1 Å². The summed E-state index contributed by atoms with van der Waals surface area (Å²) in [5.41, 5.74) is 5.54. The van der Waals surface area contributed by atoms with Crippen LogP contribution in [0.15, 0.2) is 33.7 Å². The van der Waals surface area contributed by atoms with Crippen LogP contribution in [0.4, 0.5) is 0 Å². The van der Waals surface area contributed by atoms with E-state index in [9.17, 15) is 8.42 Å². The number of hydrogen-bond acceptors (Lipinski definition) is 5. The molecule has 0 fully saturated rings. The van der Waals surface area contributed by atoms with Gasteiger partial charge in [-0.25, -0.2) is 0 Å². The maximum Gasteiger partial charge on any atom is 0.294 e. The molecule has 7 heteroatoms. The number of nitrogens with two attached hydrogens (primary N) is 1. The number of allylic oxidation sites excluding steroid dienone is 4. The Bertz CT molecular complexity index is 467. The highest BCUT2D eigenvalue weighted by Crippen LogP contribution is 2.18. The minimum Gasteiger partial charge on any atom is -0.393 e. The normalized spacial score (nSPS) is 20.7. The molecular weight excluding hydrogens is 224 g/mol. The van der Waals surface area contributed by atoms with Gasteiger partial charge in [0.1, 0.15) is 0 Å². The summed E-state index contributed by atoms with van der Waals surface area (Å²) in [7, 11) is -4.26. The molecule has 0 aromatic heterocycles. The molecule has 0 aromatic carbocycles. The molecule has 1 aliphatic rings. The van der Waals surface area contributed by atoms with E-state index in [0.29, 0.717) is 5.57 Å². The fourth-order valence-electron chi connectivity index (χ4n) is 0.907. The van der Waals surface area contributed by atoms with Gasteiger partial charge in [0.15, 0.2) is 0 Å². The van der Waals surface area contributed by atoms with Gasteiger partial charge in [-0.05, 0) is 18.2 Å². The minimum absolute atomic E-state index is 0.104. The molecule has 14 heavy (non-hydrogen) atoms. The molecule has 0 radical (unpaired) electrons. The van der Waals surface area contributed by atoms with Crippen molar-refractivity contribution in [3.05, 3.63) is 33.7 Å². The third kappa shape index (κ3) is 2.25. The van der Waals surface area contributed by atoms with E-state index in [4.69, 9.17) is 15.7 Å². The van der Waals surface area contributed by atoms with Crippen molar-refractivity contribution in [2.24, 2.45) is 5.73 Å². The van der Waals surface area contributed by atoms with E-state index >= 15 is 0 Å². The fraction of sp³-hybridized carbons (Fsp3) is 0. The van der Waals surface area contributed by atoms with Crippen LogP contribution < -0.4 is 5.73 Å². The molecule has 0 atom stereocenters. The number of rotatable bonds is 1. The third-order valence-corrected chi connectivity index (χ3v) is 2.66. The Morgan fingerprint density at radius 1 is 1.50 bits per heavy atom. The van der Waals surface area contributed by atoms with Crippen molar-refractivity contribution < 1.29 is 13.0 Å². The summed E-state index contributed by atoms with van der Waals surface area (Å²) < 4.78 is 30.0. The first-order valence-corrected chi connectivity index (χ1v) is 5.36. The molecule has 0 unspecified atom stereocenters. The van der Waals surface area contributed by atoms with E-state index in [1.54, 1.807) is 0 Å². The highest BCUT2D eigenvalue weighted by atomic mass is 32.2. The van der Waals surface area contributed by atoms with Gasteiger partial charge in [0.25, 0.3) is 10.1 Å². The Morgan fingerprint density at radius 3 is 2.43 bits per heavy atom. The van der Waals surface area contributed by atoms with Crippen LogP contribution >= 0.6 is 12.6 Å². The highest BCUT2D eigenvalue weighted by molar-refractivity contribution is 7.90. The van der Waals surface area contributed by atoms with Gasteiger partial charge in [-0.1, -0.05) is 0 Å². The van der Waals surface area contributed by atoms with Crippen LogP contribution in [0.3, 0.4) is 0 Å². The SMILES string of the molecule is N=C1C=C(S(=O)(=O)O)C=C/C1=C(\N)S. The second-order valence-electron chi connectivity index (χ2n) is 2.57. The van der Waals surface area contributed by atoms with Gasteiger partial charge < -0.3 is 11.1 Å². The lowest BCUT2D eigenvalue weighted by atomic mass is 10.1. The summed E-state index contributed by atoms with van der Waals surface area (Å²) in [6.07, 6.45) is 3.48. The van der Waals surface area contributed by atoms with Crippen LogP contribution in [-0.4, -0.2) is 18.7 Å². The Morgan fingerprint density at radius 2 is 2.07 bits per heavy atom. The molecule has 0 amide bonds. The van der Waals surface area contributed by atoms with Gasteiger partial charge in [0, 0.05) is 5.57 Å². The first kappa shape index (κ1) is 11.0. The molecule has 5 nitrogen and oxygen atoms in total. The molecule has 0 spiro atoms. The summed E-state index contributed by atoms with van der Waals surface area (Å²) in [6.45, 7) is 0. The molecule has 76 valence electrons. The zero-order valence-corrected chi connectivity index (χ0v) is 8.64. The van der Waals surface area contributed by atoms with Gasteiger partial charge >= 0.3 is 0 Å². The van der Waals surface area contributed by atoms with E-state index in [0.717, 1.165) is 12.2 Å². The van der Waals surface area contributed by atoms with Crippen molar-refractivity contribution in [3.8, 4) is 0 Å². The minimum atomic E-state index is -4.26. The summed E-state index contributed by atoms with van der Waals surface area (Å²) in [5, 5.41) is 7.52. The third-order valence-electron chi connectivity index (χ3n) is 1.56. The van der Waals surface area contributed by atoms with Gasteiger partial charge in [-0.15, -0.1) is 12.6 Å². The number of nitrogens with one attached hydrogen (secondary N) is 1. The van der Waals surface area contributed by atoms with Crippen molar-refractivity contribution in [2.45, 2.75) is 0 Å². The maximum absolute atomic E-state index is 10.7. The largest absolute Gasteiger partial charge is 0.393 e. The quantitative estimate of drug-likeness (QED) is 0.389. The Labute approximate surface area is 86.7 Å². The monoisotopic (exact) mass is 232 g/mol. The Hall–Kier alpha value is -1.05. The topological polar surface area (TPSA) is 104 Å². The molecule has 0 saturated heterocycles. The first-order valence-electron chi connectivity index (χ1n) is 3.47. The fourth-order valence-corrected chi connectivity index (χ4v) is 1.61. The van der Waals surface area contributed by atoms with Crippen molar-refractivity contribution in [1.29, 1.82) is 5.41 Å². The van der Waals surface area contributed by atoms with E-state index in [2.05, 4.69) is 12.6 Å². The van der Waals surface area contributed by atoms with Crippen LogP contribution in [0.25, 0.3) is 0 Å². The lowest BCUT2D eigenvalue weighted by Gasteiger charge is -2.08. The lowest BCUT2D eigenvalue weighted by Crippen LogP contribution is -2.10. The molecule has 0 aliphatic heterocycles. The molecule has 0 heterocycles. The van der Waals surface area contributed by atoms with Crippen molar-refractivity contribution in [3.63, 3.8) is 0 Å². The molecule has 1 rings (SSSR count). The van der Waals surface area contributed by atoms with Crippen LogP contribution in [0, 0.1) is 5.41 Å². The second kappa shape index (κ2) is 3.60. The number of hydrogen-bond donors (Lipinski definition) is 4. The summed E-state index contributed by atoms with van der Waals surface area (Å²) in [6, 6.07) is 0. The molecule has 0 bridgehead atoms. The van der Waals surface area contributed by atoms with Crippen LogP contribution in [0.2, 0.25) is 0 Å². The van der Waals surface area contributed by atoms with E-state index in [-0.39, 0.29) is 15.6 Å². The Kier molecular flexibility index (Phi) is 2.84. The van der Waals surface area contributed by atoms with E-state index in [1.807, 2.05) is 0 Å². The van der Waals surface area contributed by atoms with Crippen molar-refractivity contribution >= 4 is 28.5 Å². The lowest BCUT2D eigenvalue weighted by molar-refractivity contribution is 0.492. The molecule has 1 aliphatic carbocycles. The summed E-state index contributed by atoms with van der Waals surface area (Å²) in [4.78, 5) is -0.333. The second-order valence-corrected chi connectivity index (χ2v) is 4.47. The highest BCUT2D eigenvalue weighted by Gasteiger charge is 2.17. The van der Waals surface area contributed by atoms with Crippen molar-refractivity contribution in [2.75, 3.05) is 0 Å². The average Bonchev–Trinajstić information content (AvgIpc) is 2.01. The molecule has 4 N–H and O–H groups in total. The predicted molar refractivity (Wildman–Crippen MR) is 56.7 cm³/mol. The summed E-state index contributed by atoms with van der Waals surface area (Å²) in [5.74, 6) is 0. The van der Waals surface area contributed by atoms with E-state index in [1.165, 1.54) is 6.08 Å². The van der Waals surface area contributed by atoms with Gasteiger partial charge in [0.2, 0.25) is 0 Å². The standard InChI is InChI=1S/C7H8N2O3S2/c8-6-3-4(14(10,11)12)1-2-5(6)7(9)13/h1-3,8,13H,9H2,(H,10,11,12)/b7-5-,8-6?. The zero-order chi connectivity index (χ0) is 10.9. The van der Waals surface area contributed by atoms with Crippen molar-refractivity contribution in [1.82, 2.24) is 0 Å². The van der Waals surface area contributed by atoms with Gasteiger partial charge in [-0.3, -0.25) is 4.55 Å². The smallest absolute Gasteiger partial charge is 0.294 e. The number of thiol groups is 1. The maximum atomic E-state index is 10.7. The summed E-state index contributed by atoms with van der Waals surface area (Å²) >= 11 is 3.83. The molecule has 0 aromatic rings. The average molecular weight is 232 g/mol.